The van der Waals surface area contributed by atoms with E-state index in [1.807, 2.05) is 18.4 Å². The van der Waals surface area contributed by atoms with Crippen molar-refractivity contribution in [3.8, 4) is 0 Å². The molecule has 1 aliphatic rings. The van der Waals surface area contributed by atoms with Crippen molar-refractivity contribution in [2.24, 2.45) is 10.7 Å². The van der Waals surface area contributed by atoms with Gasteiger partial charge in [0.25, 0.3) is 0 Å². The number of thiophene rings is 1. The molecule has 0 saturated carbocycles. The maximum atomic E-state index is 12.3. The van der Waals surface area contributed by atoms with Crippen molar-refractivity contribution in [2.75, 3.05) is 5.75 Å². The van der Waals surface area contributed by atoms with Crippen LogP contribution in [-0.4, -0.2) is 24.8 Å². The second-order valence-electron chi connectivity index (χ2n) is 5.17. The first-order valence-corrected chi connectivity index (χ1v) is 8.74. The second-order valence-corrected chi connectivity index (χ2v) is 9.54. The van der Waals surface area contributed by atoms with E-state index in [0.29, 0.717) is 0 Å². The molecular formula is C11H15BrN2O2S2. The van der Waals surface area contributed by atoms with E-state index >= 15 is 0 Å². The van der Waals surface area contributed by atoms with Crippen LogP contribution in [0.4, 0.5) is 0 Å². The Morgan fingerprint density at radius 1 is 1.44 bits per heavy atom. The monoisotopic (exact) mass is 350 g/mol. The van der Waals surface area contributed by atoms with E-state index in [1.165, 1.54) is 11.3 Å². The topological polar surface area (TPSA) is 72.5 Å². The highest BCUT2D eigenvalue weighted by Crippen LogP contribution is 2.39. The van der Waals surface area contributed by atoms with Crippen molar-refractivity contribution in [2.45, 2.75) is 31.1 Å². The highest BCUT2D eigenvalue weighted by atomic mass is 79.9. The van der Waals surface area contributed by atoms with Gasteiger partial charge in [-0.3, -0.25) is 4.99 Å². The van der Waals surface area contributed by atoms with Gasteiger partial charge in [-0.1, -0.05) is 0 Å². The maximum Gasteiger partial charge on any atom is 0.165 e. The van der Waals surface area contributed by atoms with Gasteiger partial charge in [0.15, 0.2) is 9.84 Å². The Morgan fingerprint density at radius 3 is 2.50 bits per heavy atom. The van der Waals surface area contributed by atoms with Crippen LogP contribution in [0.3, 0.4) is 0 Å². The lowest BCUT2D eigenvalue weighted by Gasteiger charge is -2.37. The summed E-state index contributed by atoms with van der Waals surface area (Å²) in [6, 6.07) is 1.90. The average Bonchev–Trinajstić information content (AvgIpc) is 2.62. The van der Waals surface area contributed by atoms with Crippen molar-refractivity contribution in [3.63, 3.8) is 0 Å². The van der Waals surface area contributed by atoms with Crippen LogP contribution in [0.5, 0.6) is 0 Å². The fourth-order valence-corrected chi connectivity index (χ4v) is 5.18. The number of hydrogen-bond acceptors (Lipinski definition) is 5. The molecule has 4 nitrogen and oxygen atoms in total. The fraction of sp³-hybridized carbons (Fsp3) is 0.545. The Kier molecular flexibility index (Phi) is 3.15. The minimum atomic E-state index is -3.32. The third-order valence-corrected chi connectivity index (χ3v) is 7.98. The number of nitrogens with two attached hydrogens (primary N) is 1. The van der Waals surface area contributed by atoms with Gasteiger partial charge in [-0.25, -0.2) is 8.42 Å². The Labute approximate surface area is 119 Å². The lowest BCUT2D eigenvalue weighted by Crippen LogP contribution is -2.54. The molecule has 1 unspecified atom stereocenters. The average molecular weight is 351 g/mol. The Bertz CT molecular complexity index is 619. The van der Waals surface area contributed by atoms with E-state index in [9.17, 15) is 8.42 Å². The van der Waals surface area contributed by atoms with Crippen LogP contribution in [0.15, 0.2) is 20.9 Å². The summed E-state index contributed by atoms with van der Waals surface area (Å²) in [5.74, 6) is 0.168. The molecule has 0 bridgehead atoms. The van der Waals surface area contributed by atoms with Gasteiger partial charge in [0, 0.05) is 14.7 Å². The third kappa shape index (κ3) is 2.02. The van der Waals surface area contributed by atoms with Crippen LogP contribution in [-0.2, 0) is 15.4 Å². The van der Waals surface area contributed by atoms with Gasteiger partial charge in [-0.2, -0.15) is 0 Å². The zero-order chi connectivity index (χ0) is 13.8. The van der Waals surface area contributed by atoms with E-state index in [-0.39, 0.29) is 11.6 Å². The Balaban J connectivity index is 2.59. The highest BCUT2D eigenvalue weighted by Gasteiger charge is 2.49. The molecule has 0 spiro atoms. The van der Waals surface area contributed by atoms with Gasteiger partial charge >= 0.3 is 0 Å². The lowest BCUT2D eigenvalue weighted by molar-refractivity contribution is 0.507. The van der Waals surface area contributed by atoms with Crippen LogP contribution in [0.2, 0.25) is 0 Å². The second kappa shape index (κ2) is 4.05. The molecule has 0 aliphatic carbocycles. The van der Waals surface area contributed by atoms with Gasteiger partial charge in [0.05, 0.1) is 5.75 Å². The predicted octanol–water partition coefficient (Wildman–Crippen LogP) is 2.29. The van der Waals surface area contributed by atoms with E-state index in [2.05, 4.69) is 20.9 Å². The Morgan fingerprint density at radius 2 is 2.06 bits per heavy atom. The third-order valence-electron chi connectivity index (χ3n) is 3.33. The molecule has 1 aliphatic heterocycles. The van der Waals surface area contributed by atoms with Crippen molar-refractivity contribution < 1.29 is 8.42 Å². The number of amidine groups is 1. The summed E-state index contributed by atoms with van der Waals surface area (Å²) in [5.41, 5.74) is 5.09. The quantitative estimate of drug-likeness (QED) is 0.844. The van der Waals surface area contributed by atoms with E-state index in [4.69, 9.17) is 5.73 Å². The van der Waals surface area contributed by atoms with Crippen LogP contribution in [0.1, 0.15) is 25.6 Å². The normalized spacial score (nSPS) is 29.9. The number of hydrogen-bond donors (Lipinski definition) is 1. The van der Waals surface area contributed by atoms with Crippen LogP contribution >= 0.6 is 27.3 Å². The summed E-state index contributed by atoms with van der Waals surface area (Å²) >= 11 is 4.85. The van der Waals surface area contributed by atoms with Gasteiger partial charge in [-0.05, 0) is 42.8 Å². The summed E-state index contributed by atoms with van der Waals surface area (Å²) in [6.07, 6.45) is 0. The molecule has 18 heavy (non-hydrogen) atoms. The summed E-state index contributed by atoms with van der Waals surface area (Å²) < 4.78 is 24.5. The van der Waals surface area contributed by atoms with Crippen LogP contribution < -0.4 is 5.73 Å². The van der Waals surface area contributed by atoms with Gasteiger partial charge in [0.2, 0.25) is 0 Å². The van der Waals surface area contributed by atoms with Gasteiger partial charge in [0.1, 0.15) is 16.1 Å². The predicted molar refractivity (Wildman–Crippen MR) is 78.9 cm³/mol. The first-order chi connectivity index (χ1) is 8.08. The minimum Gasteiger partial charge on any atom is -0.386 e. The van der Waals surface area contributed by atoms with Crippen LogP contribution in [0, 0.1) is 0 Å². The molecule has 0 radical (unpaired) electrons. The molecule has 7 heteroatoms. The minimum absolute atomic E-state index is 0.0132. The van der Waals surface area contributed by atoms with E-state index < -0.39 is 20.1 Å². The number of halogens is 1. The van der Waals surface area contributed by atoms with E-state index in [0.717, 1.165) is 9.35 Å². The van der Waals surface area contributed by atoms with Crippen molar-refractivity contribution in [3.05, 3.63) is 20.8 Å². The highest BCUT2D eigenvalue weighted by molar-refractivity contribution is 9.10. The molecule has 2 rings (SSSR count). The number of rotatable bonds is 1. The van der Waals surface area contributed by atoms with Crippen molar-refractivity contribution in [1.82, 2.24) is 0 Å². The molecule has 0 amide bonds. The van der Waals surface area contributed by atoms with Crippen molar-refractivity contribution in [1.29, 1.82) is 0 Å². The first kappa shape index (κ1) is 14.0. The van der Waals surface area contributed by atoms with Gasteiger partial charge in [-0.15, -0.1) is 11.3 Å². The molecule has 2 heterocycles. The Hall–Kier alpha value is -0.400. The first-order valence-electron chi connectivity index (χ1n) is 5.41. The standard InChI is InChI=1S/C11H15BrN2O2S2/c1-10(2)9(13)14-11(3,6-18(10,15)16)8-4-7(12)5-17-8/h4-5H,6H2,1-3H3,(H2,13,14). The molecule has 0 fully saturated rings. The molecule has 1 aromatic rings. The molecule has 0 aromatic carbocycles. The smallest absolute Gasteiger partial charge is 0.165 e. The summed E-state index contributed by atoms with van der Waals surface area (Å²) in [4.78, 5) is 5.35. The number of nitrogens with zero attached hydrogens (tertiary/aromatic N) is 1. The largest absolute Gasteiger partial charge is 0.386 e. The zero-order valence-electron chi connectivity index (χ0n) is 10.4. The van der Waals surface area contributed by atoms with Crippen LogP contribution in [0.25, 0.3) is 0 Å². The summed E-state index contributed by atoms with van der Waals surface area (Å²) in [6.45, 7) is 5.01. The number of aliphatic imine (C=N–C) groups is 1. The summed E-state index contributed by atoms with van der Waals surface area (Å²) in [5, 5.41) is 1.92. The fourth-order valence-electron chi connectivity index (χ4n) is 1.86. The summed E-state index contributed by atoms with van der Waals surface area (Å²) in [7, 11) is -3.32. The molecule has 2 N–H and O–H groups in total. The van der Waals surface area contributed by atoms with Gasteiger partial charge < -0.3 is 5.73 Å². The molecule has 100 valence electrons. The lowest BCUT2D eigenvalue weighted by atomic mass is 10.0. The molecule has 1 atom stereocenters. The SMILES string of the molecule is CC1(c2cc(Br)cs2)CS(=O)(=O)C(C)(C)C(N)=N1. The molecular weight excluding hydrogens is 336 g/mol. The van der Waals surface area contributed by atoms with Crippen molar-refractivity contribution >= 4 is 42.9 Å². The maximum absolute atomic E-state index is 12.3. The zero-order valence-corrected chi connectivity index (χ0v) is 13.6. The van der Waals surface area contributed by atoms with E-state index in [1.54, 1.807) is 13.8 Å². The molecule has 0 saturated heterocycles. The number of sulfone groups is 1. The molecule has 1 aromatic heterocycles.